The van der Waals surface area contributed by atoms with E-state index in [4.69, 9.17) is 72.5 Å². The second-order valence-corrected chi connectivity index (χ2v) is 39.6. The Balaban J connectivity index is 0.000000166. The van der Waals surface area contributed by atoms with Crippen LogP contribution in [0.25, 0.3) is 33.1 Å². The number of fused-ring (bicyclic) bond motifs is 15. The molecule has 0 unspecified atom stereocenters. The molecule has 0 N–H and O–H groups in total. The maximum absolute atomic E-state index is 14.3. The number of aromatic nitrogens is 6. The Morgan fingerprint density at radius 3 is 1.02 bits per heavy atom. The van der Waals surface area contributed by atoms with Gasteiger partial charge in [-0.2, -0.15) is 0 Å². The number of methoxy groups -OCH3 is 3. The normalized spacial score (nSPS) is 30.8. The van der Waals surface area contributed by atoms with E-state index in [0.29, 0.717) is 88.5 Å². The zero-order chi connectivity index (χ0) is 90.0. The molecule has 27 nitrogen and oxygen atoms in total. The minimum atomic E-state index is -0.760. The van der Waals surface area contributed by atoms with E-state index in [1.165, 1.54) is 0 Å². The third-order valence-electron chi connectivity index (χ3n) is 31.0. The van der Waals surface area contributed by atoms with Gasteiger partial charge in [0, 0.05) is 79.8 Å². The number of nitrogens with zero attached hydrogens (tertiary/aromatic N) is 9. The molecule has 6 aliphatic carbocycles. The van der Waals surface area contributed by atoms with Gasteiger partial charge >= 0.3 is 17.9 Å². The van der Waals surface area contributed by atoms with Crippen molar-refractivity contribution in [2.75, 3.05) is 41.0 Å². The number of hydrogen-bond donors (Lipinski definition) is 0. The van der Waals surface area contributed by atoms with Crippen molar-refractivity contribution in [1.29, 1.82) is 0 Å². The summed E-state index contributed by atoms with van der Waals surface area (Å²) in [5.74, 6) is 1.06. The molecule has 6 saturated carbocycles. The first-order valence-corrected chi connectivity index (χ1v) is 48.9. The van der Waals surface area contributed by atoms with Crippen molar-refractivity contribution in [3.8, 4) is 34.9 Å². The van der Waals surface area contributed by atoms with Gasteiger partial charge in [0.05, 0.1) is 111 Å². The molecule has 3 amide bonds. The first kappa shape index (κ1) is 101. The van der Waals surface area contributed by atoms with Crippen LogP contribution in [0.4, 0.5) is 0 Å². The molecule has 9 heterocycles. The van der Waals surface area contributed by atoms with Gasteiger partial charge in [-0.1, -0.05) is 135 Å². The number of amides is 3. The molecule has 6 bridgehead atoms. The van der Waals surface area contributed by atoms with Gasteiger partial charge in [-0.25, -0.2) is 48.8 Å². The average molecular weight is 1930 g/mol. The quantitative estimate of drug-likeness (QED) is 0.0737. The molecule has 6 aliphatic heterocycles. The summed E-state index contributed by atoms with van der Waals surface area (Å²) in [5, 5.41) is 0. The Hall–Kier alpha value is -7.94. The van der Waals surface area contributed by atoms with Gasteiger partial charge < -0.3 is 71.7 Å². The molecular weight excluding hydrogens is 1790 g/mol. The third kappa shape index (κ3) is 24.0. The second kappa shape index (κ2) is 46.7. The maximum Gasteiger partial charge on any atom is 0.307 e. The van der Waals surface area contributed by atoms with Gasteiger partial charge in [-0.15, -0.1) is 0 Å². The first-order valence-electron chi connectivity index (χ1n) is 48.9. The van der Waals surface area contributed by atoms with Gasteiger partial charge in [0.25, 0.3) is 0 Å². The standard InChI is InChI=1S/C35H46N3O6.C34H44N3O6.C33H42N3O6.3V/c1-22-30(21-39)38-20-32(22)44-34-28(36-27-17-16-25(42-2)18-29(27)37-34)14-8-4-7-12-24-13-9-15-31(24)43-33(40)19-26(35(38)41)23-10-5-3-6-11-23;1-21-29(20-38)37-19-30(21)42-32-27(35-26-15-14-24(41-3)16-28(26)36-32)13-9-5-8-12-23-18-34(23,2)43-31(39)17-25(33(37)40)22-10-6-4-7-11-22;1-20-28(19-37)36-18-30(20)42-32-26(34-25-14-13-23(40-2)16-27(25)35-32)12-8-4-7-11-22-15-29(22)41-31(38)17-24(33(36)39)21-9-5-3-6-10-21;;;/h16-18,22-24,26,30-32H,3-15,19-20H2,1-2H3;14-16,21-23,25,29-30H,4-13,17-19H2,1-3H3;13-14,16,20-22,24,28-30H,3-12,15,17-18H2,1-2H3;;;/q3*-1;;;/t22-,24+,26-,30+,31+,32-;21-,23+,25-,29+,30-,34+;20-,22+,24-,28+,29+,30-;;;/m000.../s1. The van der Waals surface area contributed by atoms with Gasteiger partial charge in [-0.05, 0) is 219 Å². The molecule has 3 saturated heterocycles. The number of carbonyl (C=O) groups is 6. The maximum atomic E-state index is 14.3. The van der Waals surface area contributed by atoms with E-state index in [1.807, 2.05) is 82.3 Å². The fraction of sp³-hybridized carbons (Fsp3) is 0.676. The first-order chi connectivity index (χ1) is 62.7. The number of esters is 3. The van der Waals surface area contributed by atoms with Crippen molar-refractivity contribution in [2.24, 2.45) is 71.0 Å². The summed E-state index contributed by atoms with van der Waals surface area (Å²) in [4.78, 5) is 154. The van der Waals surface area contributed by atoms with Crippen LogP contribution in [-0.4, -0.2) is 194 Å². The van der Waals surface area contributed by atoms with E-state index in [0.717, 1.165) is 239 Å². The van der Waals surface area contributed by atoms with Crippen LogP contribution < -0.4 is 28.4 Å². The van der Waals surface area contributed by atoms with E-state index >= 15 is 0 Å². The van der Waals surface area contributed by atoms with Crippen LogP contribution in [0.3, 0.4) is 0 Å². The zero-order valence-corrected chi connectivity index (χ0v) is 82.1. The molecule has 3 aromatic carbocycles. The van der Waals surface area contributed by atoms with Crippen LogP contribution >= 0.6 is 0 Å². The molecule has 0 spiro atoms. The Morgan fingerprint density at radius 2 is 0.667 bits per heavy atom. The molecule has 711 valence electrons. The second-order valence-electron chi connectivity index (χ2n) is 39.6. The number of hydrogen-bond acceptors (Lipinski definition) is 24. The Labute approximate surface area is 812 Å². The van der Waals surface area contributed by atoms with E-state index in [2.05, 4.69) is 18.9 Å². The summed E-state index contributed by atoms with van der Waals surface area (Å²) in [6.07, 6.45) is 39.3. The van der Waals surface area contributed by atoms with Gasteiger partial charge in [0.2, 0.25) is 35.4 Å². The predicted molar refractivity (Wildman–Crippen MR) is 481 cm³/mol. The smallest absolute Gasteiger partial charge is 0.307 e. The van der Waals surface area contributed by atoms with E-state index in [9.17, 15) is 43.2 Å². The molecule has 12 aliphatic rings. The van der Waals surface area contributed by atoms with Crippen molar-refractivity contribution >= 4 is 87.6 Å². The van der Waals surface area contributed by atoms with Crippen molar-refractivity contribution in [1.82, 2.24) is 44.6 Å². The summed E-state index contributed by atoms with van der Waals surface area (Å²) >= 11 is 0. The monoisotopic (exact) mass is 1920 g/mol. The van der Waals surface area contributed by atoms with E-state index < -0.39 is 59.8 Å². The summed E-state index contributed by atoms with van der Waals surface area (Å²) in [7, 11) is 4.85. The fourth-order valence-electron chi connectivity index (χ4n) is 22.9. The van der Waals surface area contributed by atoms with E-state index in [-0.39, 0.29) is 178 Å². The number of benzene rings is 3. The largest absolute Gasteiger partial charge is 0.540 e. The van der Waals surface area contributed by atoms with Gasteiger partial charge in [0.15, 0.2) is 0 Å². The van der Waals surface area contributed by atoms with Crippen molar-refractivity contribution < 1.29 is 141 Å². The van der Waals surface area contributed by atoms with E-state index in [1.54, 1.807) is 36.0 Å². The summed E-state index contributed by atoms with van der Waals surface area (Å²) < 4.78 is 53.9. The number of rotatable bonds is 9. The molecule has 18 atom stereocenters. The SMILES string of the molecule is COc1ccc2nc3c(nc2c1)O[C@H]1CN(C(=O)[C@H](C2CCCCC2)CC(=O)O[C@@H]2CCC[C@H]2CCCCC3)[C@H]([C-]=O)[C@@H]1C.COc1ccc2nc3c(nc2c1)O[C@H]1CN(C(=O)[C@H](C2CCCCC2)CC(=O)O[C@@H]2C[C@H]2CCCCC3)[C@H]([C-]=O)[C@@H]1C.COc1ccc2nc3c(nc2c1)O[C@H]1CN(C(=O)[C@H](C2CCCCC2)CC(=O)O[C@]2(C)C[C@H]2CCCCC3)[C@H]([C-]=O)[C@@H]1C.[V].[V].[V]. The van der Waals surface area contributed by atoms with Crippen LogP contribution in [0.1, 0.15) is 270 Å². The van der Waals surface area contributed by atoms with Crippen LogP contribution in [-0.2, 0) is 132 Å². The van der Waals surface area contributed by atoms with Gasteiger partial charge in [-0.3, -0.25) is 28.8 Å². The van der Waals surface area contributed by atoms with Crippen LogP contribution in [0.5, 0.6) is 34.9 Å². The fourth-order valence-corrected chi connectivity index (χ4v) is 22.9. The molecule has 3 radical (unpaired) electrons. The van der Waals surface area contributed by atoms with Gasteiger partial charge in [0.1, 0.15) is 70.5 Å². The van der Waals surface area contributed by atoms with Crippen molar-refractivity contribution in [3.05, 3.63) is 71.7 Å². The van der Waals surface area contributed by atoms with Crippen molar-refractivity contribution in [3.63, 3.8) is 0 Å². The number of ether oxygens (including phenoxy) is 9. The van der Waals surface area contributed by atoms with Crippen LogP contribution in [0.2, 0.25) is 0 Å². The number of aryl methyl sites for hydroxylation is 3. The summed E-state index contributed by atoms with van der Waals surface area (Å²) in [6, 6.07) is 14.6. The molecular formula is C102H132N9O18V3-3. The van der Waals surface area contributed by atoms with Crippen molar-refractivity contribution in [2.45, 2.75) is 326 Å². The predicted octanol–water partition coefficient (Wildman–Crippen LogP) is 16.1. The zero-order valence-electron chi connectivity index (χ0n) is 77.9. The molecule has 132 heavy (non-hydrogen) atoms. The summed E-state index contributed by atoms with van der Waals surface area (Å²) in [5.41, 5.74) is 6.25. The Bertz CT molecular complexity index is 5000. The minimum absolute atomic E-state index is 0. The third-order valence-corrected chi connectivity index (χ3v) is 31.0. The molecule has 30 heteroatoms. The minimum Gasteiger partial charge on any atom is -0.540 e. The topological polar surface area (TPSA) is 324 Å². The van der Waals surface area contributed by atoms with Crippen LogP contribution in [0.15, 0.2) is 54.6 Å². The molecule has 18 rings (SSSR count). The van der Waals surface area contributed by atoms with Crippen LogP contribution in [0, 0.1) is 71.0 Å². The molecule has 9 fully saturated rings. The number of carbonyl (C=O) groups excluding carboxylic acids is 9. The Kier molecular flexibility index (Phi) is 35.9. The summed E-state index contributed by atoms with van der Waals surface area (Å²) in [6.45, 7) is 8.50. The Morgan fingerprint density at radius 1 is 0.348 bits per heavy atom. The molecule has 3 aromatic heterocycles. The molecule has 6 aromatic rings. The average Bonchev–Trinajstić information content (AvgIpc) is 1.63.